The number of carboxylic acid groups (broad SMARTS) is 1. The summed E-state index contributed by atoms with van der Waals surface area (Å²) in [5.41, 5.74) is 1.71. The highest BCUT2D eigenvalue weighted by molar-refractivity contribution is 6.22. The maximum absolute atomic E-state index is 12.9. The molecular formula is C23H21N2O5-. The molecule has 7 heteroatoms. The van der Waals surface area contributed by atoms with Crippen LogP contribution in [0, 0.1) is 0 Å². The van der Waals surface area contributed by atoms with Gasteiger partial charge in [-0.3, -0.25) is 19.3 Å². The molecule has 30 heavy (non-hydrogen) atoms. The fourth-order valence-electron chi connectivity index (χ4n) is 4.11. The minimum absolute atomic E-state index is 0.0626. The van der Waals surface area contributed by atoms with E-state index in [0.717, 1.165) is 37.7 Å². The Bertz CT molecular complexity index is 1020. The zero-order valence-corrected chi connectivity index (χ0v) is 16.3. The normalized spacial score (nSPS) is 16.5. The van der Waals surface area contributed by atoms with E-state index in [0.29, 0.717) is 11.1 Å². The number of aromatic carboxylic acids is 1. The predicted octanol–water partition coefficient (Wildman–Crippen LogP) is 1.91. The molecule has 0 bridgehead atoms. The van der Waals surface area contributed by atoms with Crippen molar-refractivity contribution in [2.24, 2.45) is 0 Å². The number of carbonyl (C=O) groups excluding carboxylic acids is 4. The molecule has 1 saturated carbocycles. The van der Waals surface area contributed by atoms with Crippen molar-refractivity contribution in [3.63, 3.8) is 0 Å². The lowest BCUT2D eigenvalue weighted by Crippen LogP contribution is -2.40. The maximum Gasteiger partial charge on any atom is 0.261 e. The van der Waals surface area contributed by atoms with Crippen LogP contribution >= 0.6 is 0 Å². The molecule has 154 valence electrons. The summed E-state index contributed by atoms with van der Waals surface area (Å²) in [4.78, 5) is 50.3. The topological polar surface area (TPSA) is 107 Å². The molecule has 2 aromatic rings. The van der Waals surface area contributed by atoms with Gasteiger partial charge in [0.25, 0.3) is 17.7 Å². The molecule has 0 atom stereocenters. The molecule has 1 aliphatic heterocycles. The molecule has 3 amide bonds. The van der Waals surface area contributed by atoms with Gasteiger partial charge in [-0.2, -0.15) is 0 Å². The second-order valence-electron chi connectivity index (χ2n) is 7.70. The van der Waals surface area contributed by atoms with Gasteiger partial charge < -0.3 is 15.2 Å². The van der Waals surface area contributed by atoms with E-state index in [4.69, 9.17) is 0 Å². The average Bonchev–Trinajstić information content (AvgIpc) is 3.02. The van der Waals surface area contributed by atoms with Crippen molar-refractivity contribution in [1.29, 1.82) is 0 Å². The third-order valence-electron chi connectivity index (χ3n) is 5.76. The van der Waals surface area contributed by atoms with Crippen LogP contribution in [0.2, 0.25) is 0 Å². The van der Waals surface area contributed by atoms with Gasteiger partial charge in [0.1, 0.15) is 0 Å². The van der Waals surface area contributed by atoms with Crippen LogP contribution < -0.4 is 10.4 Å². The summed E-state index contributed by atoms with van der Waals surface area (Å²) in [5, 5.41) is 13.5. The third-order valence-corrected chi connectivity index (χ3v) is 5.76. The van der Waals surface area contributed by atoms with E-state index in [-0.39, 0.29) is 41.4 Å². The highest BCUT2D eigenvalue weighted by Gasteiger charge is 2.40. The highest BCUT2D eigenvalue weighted by atomic mass is 16.4. The molecule has 0 unspecified atom stereocenters. The highest BCUT2D eigenvalue weighted by Crippen LogP contribution is 2.31. The fourth-order valence-corrected chi connectivity index (χ4v) is 4.11. The number of imide groups is 1. The Morgan fingerprint density at radius 3 is 2.20 bits per heavy atom. The molecule has 7 nitrogen and oxygen atoms in total. The Kier molecular flexibility index (Phi) is 5.35. The van der Waals surface area contributed by atoms with Crippen molar-refractivity contribution in [3.05, 3.63) is 70.3 Å². The number of nitrogens with zero attached hydrogens (tertiary/aromatic N) is 1. The Morgan fingerprint density at radius 1 is 0.900 bits per heavy atom. The average molecular weight is 405 g/mol. The number of rotatable bonds is 5. The maximum atomic E-state index is 12.9. The quantitative estimate of drug-likeness (QED) is 0.765. The first-order valence-corrected chi connectivity index (χ1v) is 10.1. The molecule has 4 rings (SSSR count). The van der Waals surface area contributed by atoms with Gasteiger partial charge in [0, 0.05) is 18.2 Å². The summed E-state index contributed by atoms with van der Waals surface area (Å²) in [5.74, 6) is -2.24. The van der Waals surface area contributed by atoms with Crippen molar-refractivity contribution in [2.75, 3.05) is 0 Å². The summed E-state index contributed by atoms with van der Waals surface area (Å²) < 4.78 is 0. The molecule has 2 aliphatic rings. The largest absolute Gasteiger partial charge is 0.545 e. The lowest BCUT2D eigenvalue weighted by atomic mass is 9.94. The van der Waals surface area contributed by atoms with Crippen LogP contribution in [0.3, 0.4) is 0 Å². The molecule has 1 N–H and O–H groups in total. The summed E-state index contributed by atoms with van der Waals surface area (Å²) in [7, 11) is 0. The number of nitrogens with one attached hydrogen (secondary N) is 1. The van der Waals surface area contributed by atoms with Crippen LogP contribution in [0.4, 0.5) is 0 Å². The van der Waals surface area contributed by atoms with E-state index < -0.39 is 5.97 Å². The number of amides is 3. The van der Waals surface area contributed by atoms with Crippen LogP contribution in [-0.2, 0) is 6.54 Å². The SMILES string of the molecule is O=C([O-])c1ccc(CNC(=O)c2ccc3c(c2)C(=O)N(C2CCCCC2)C3=O)cc1. The summed E-state index contributed by atoms with van der Waals surface area (Å²) in [6.45, 7) is 0.199. The van der Waals surface area contributed by atoms with E-state index >= 15 is 0 Å². The van der Waals surface area contributed by atoms with Crippen LogP contribution in [-0.4, -0.2) is 34.6 Å². The Hall–Kier alpha value is -3.48. The molecule has 1 fully saturated rings. The van der Waals surface area contributed by atoms with Crippen molar-refractivity contribution in [1.82, 2.24) is 10.2 Å². The van der Waals surface area contributed by atoms with Gasteiger partial charge in [-0.15, -0.1) is 0 Å². The molecule has 1 aliphatic carbocycles. The lowest BCUT2D eigenvalue weighted by molar-refractivity contribution is -0.255. The number of carboxylic acids is 1. The molecular weight excluding hydrogens is 384 g/mol. The first-order valence-electron chi connectivity index (χ1n) is 10.1. The van der Waals surface area contributed by atoms with Crippen LogP contribution in [0.25, 0.3) is 0 Å². The molecule has 0 aromatic heterocycles. The second-order valence-corrected chi connectivity index (χ2v) is 7.70. The molecule has 0 saturated heterocycles. The van der Waals surface area contributed by atoms with Gasteiger partial charge in [-0.25, -0.2) is 0 Å². The van der Waals surface area contributed by atoms with Crippen LogP contribution in [0.15, 0.2) is 42.5 Å². The number of hydrogen-bond acceptors (Lipinski definition) is 5. The number of hydrogen-bond donors (Lipinski definition) is 1. The fraction of sp³-hybridized carbons (Fsp3) is 0.304. The minimum Gasteiger partial charge on any atom is -0.545 e. The standard InChI is InChI=1S/C23H22N2O5/c26-20(24-13-14-6-8-15(9-7-14)23(29)30)16-10-11-18-19(12-16)22(28)25(21(18)27)17-4-2-1-3-5-17/h6-12,17H,1-5,13H2,(H,24,26)(H,29,30)/p-1. The summed E-state index contributed by atoms with van der Waals surface area (Å²) >= 11 is 0. The van der Waals surface area contributed by atoms with Crippen LogP contribution in [0.5, 0.6) is 0 Å². The van der Waals surface area contributed by atoms with Gasteiger partial charge in [0.15, 0.2) is 0 Å². The van der Waals surface area contributed by atoms with Gasteiger partial charge >= 0.3 is 0 Å². The zero-order chi connectivity index (χ0) is 21.3. The van der Waals surface area contributed by atoms with E-state index in [1.54, 1.807) is 24.3 Å². The van der Waals surface area contributed by atoms with Crippen molar-refractivity contribution in [2.45, 2.75) is 44.7 Å². The minimum atomic E-state index is -1.26. The first-order chi connectivity index (χ1) is 14.5. The Labute approximate surface area is 173 Å². The Balaban J connectivity index is 1.46. The lowest BCUT2D eigenvalue weighted by Gasteiger charge is -2.29. The summed E-state index contributed by atoms with van der Waals surface area (Å²) in [6, 6.07) is 10.5. The number of carbonyl (C=O) groups is 4. The predicted molar refractivity (Wildman–Crippen MR) is 106 cm³/mol. The van der Waals surface area contributed by atoms with E-state index in [9.17, 15) is 24.3 Å². The summed E-state index contributed by atoms with van der Waals surface area (Å²) in [6.07, 6.45) is 4.80. The van der Waals surface area contributed by atoms with Gasteiger partial charge in [0.05, 0.1) is 17.1 Å². The van der Waals surface area contributed by atoms with Crippen molar-refractivity contribution in [3.8, 4) is 0 Å². The molecule has 0 spiro atoms. The second kappa shape index (κ2) is 8.10. The van der Waals surface area contributed by atoms with E-state index in [1.807, 2.05) is 0 Å². The first kappa shape index (κ1) is 19.8. The Morgan fingerprint density at radius 2 is 1.53 bits per heavy atom. The zero-order valence-electron chi connectivity index (χ0n) is 16.3. The smallest absolute Gasteiger partial charge is 0.261 e. The van der Waals surface area contributed by atoms with Crippen molar-refractivity contribution < 1.29 is 24.3 Å². The number of fused-ring (bicyclic) bond motifs is 1. The van der Waals surface area contributed by atoms with Gasteiger partial charge in [-0.05, 0) is 42.2 Å². The van der Waals surface area contributed by atoms with Crippen LogP contribution in [0.1, 0.15) is 79.1 Å². The molecule has 0 radical (unpaired) electrons. The van der Waals surface area contributed by atoms with Crippen molar-refractivity contribution >= 4 is 23.7 Å². The van der Waals surface area contributed by atoms with E-state index in [2.05, 4.69) is 5.32 Å². The molecule has 2 aromatic carbocycles. The monoisotopic (exact) mass is 405 g/mol. The van der Waals surface area contributed by atoms with Gasteiger partial charge in [0.2, 0.25) is 0 Å². The third kappa shape index (κ3) is 3.70. The molecule has 1 heterocycles. The van der Waals surface area contributed by atoms with E-state index in [1.165, 1.54) is 23.1 Å². The number of benzene rings is 2. The van der Waals surface area contributed by atoms with Gasteiger partial charge in [-0.1, -0.05) is 43.5 Å².